The third-order valence-corrected chi connectivity index (χ3v) is 3.24. The van der Waals surface area contributed by atoms with E-state index < -0.39 is 11.0 Å². The standard InChI is InChI=1S/C13H14ClN3O3/c1-2-13(18)10-6-15-16(8-10)7-9-3-4-11(14)5-12(9)17(19)20/h3-6,8,13,18H,2,7H2,1H3. The molecule has 0 fully saturated rings. The van der Waals surface area contributed by atoms with Crippen LogP contribution in [0, 0.1) is 10.1 Å². The van der Waals surface area contributed by atoms with Crippen LogP contribution in [0.25, 0.3) is 0 Å². The number of nitrogens with zero attached hydrogens (tertiary/aromatic N) is 3. The molecule has 1 heterocycles. The quantitative estimate of drug-likeness (QED) is 0.679. The number of aromatic nitrogens is 2. The molecule has 6 nitrogen and oxygen atoms in total. The van der Waals surface area contributed by atoms with Crippen molar-refractivity contribution >= 4 is 17.3 Å². The average Bonchev–Trinajstić information content (AvgIpc) is 2.88. The highest BCUT2D eigenvalue weighted by atomic mass is 35.5. The van der Waals surface area contributed by atoms with Crippen molar-refractivity contribution < 1.29 is 10.0 Å². The molecule has 0 aliphatic heterocycles. The molecule has 0 saturated heterocycles. The lowest BCUT2D eigenvalue weighted by atomic mass is 10.1. The molecule has 1 unspecified atom stereocenters. The fraction of sp³-hybridized carbons (Fsp3) is 0.308. The summed E-state index contributed by atoms with van der Waals surface area (Å²) in [4.78, 5) is 10.5. The van der Waals surface area contributed by atoms with Crippen LogP contribution in [0.1, 0.15) is 30.6 Å². The van der Waals surface area contributed by atoms with E-state index in [0.29, 0.717) is 22.6 Å². The molecular formula is C13H14ClN3O3. The minimum atomic E-state index is -0.566. The predicted octanol–water partition coefficient (Wildman–Crippen LogP) is 2.94. The fourth-order valence-electron chi connectivity index (χ4n) is 1.89. The number of rotatable bonds is 5. The minimum absolute atomic E-state index is 0.0365. The van der Waals surface area contributed by atoms with Crippen LogP contribution in [0.15, 0.2) is 30.6 Å². The van der Waals surface area contributed by atoms with Crippen molar-refractivity contribution in [2.24, 2.45) is 0 Å². The molecule has 7 heteroatoms. The zero-order chi connectivity index (χ0) is 14.7. The molecule has 0 bridgehead atoms. The first-order valence-corrected chi connectivity index (χ1v) is 6.52. The van der Waals surface area contributed by atoms with Gasteiger partial charge in [-0.2, -0.15) is 5.10 Å². The van der Waals surface area contributed by atoms with E-state index in [1.165, 1.54) is 6.07 Å². The minimum Gasteiger partial charge on any atom is -0.388 e. The molecule has 20 heavy (non-hydrogen) atoms. The van der Waals surface area contributed by atoms with Gasteiger partial charge in [0.25, 0.3) is 5.69 Å². The van der Waals surface area contributed by atoms with Gasteiger partial charge in [0.1, 0.15) is 0 Å². The summed E-state index contributed by atoms with van der Waals surface area (Å²) in [7, 11) is 0. The molecular weight excluding hydrogens is 282 g/mol. The Kier molecular flexibility index (Phi) is 4.36. The van der Waals surface area contributed by atoms with Gasteiger partial charge in [-0.1, -0.05) is 18.5 Å². The van der Waals surface area contributed by atoms with Crippen LogP contribution in [0.5, 0.6) is 0 Å². The van der Waals surface area contributed by atoms with Gasteiger partial charge in [-0.15, -0.1) is 0 Å². The Hall–Kier alpha value is -1.92. The normalized spacial score (nSPS) is 12.3. The van der Waals surface area contributed by atoms with Crippen molar-refractivity contribution in [1.29, 1.82) is 0 Å². The maximum absolute atomic E-state index is 11.0. The molecule has 1 atom stereocenters. The number of hydrogen-bond donors (Lipinski definition) is 1. The molecule has 2 rings (SSSR count). The van der Waals surface area contributed by atoms with Gasteiger partial charge in [-0.25, -0.2) is 0 Å². The Balaban J connectivity index is 2.26. The lowest BCUT2D eigenvalue weighted by Crippen LogP contribution is -2.03. The molecule has 0 saturated carbocycles. The van der Waals surface area contributed by atoms with E-state index in [1.807, 2.05) is 6.92 Å². The SMILES string of the molecule is CCC(O)c1cnn(Cc2ccc(Cl)cc2[N+](=O)[O-])c1. The van der Waals surface area contributed by atoms with Crippen LogP contribution in [0.2, 0.25) is 5.02 Å². The van der Waals surface area contributed by atoms with Gasteiger partial charge in [0.05, 0.1) is 29.3 Å². The number of benzene rings is 1. The van der Waals surface area contributed by atoms with Gasteiger partial charge in [0.2, 0.25) is 0 Å². The van der Waals surface area contributed by atoms with Gasteiger partial charge in [0.15, 0.2) is 0 Å². The van der Waals surface area contributed by atoms with E-state index in [2.05, 4.69) is 5.10 Å². The van der Waals surface area contributed by atoms with Crippen molar-refractivity contribution in [1.82, 2.24) is 9.78 Å². The van der Waals surface area contributed by atoms with E-state index in [1.54, 1.807) is 29.2 Å². The van der Waals surface area contributed by atoms with Crippen LogP contribution >= 0.6 is 11.6 Å². The van der Waals surface area contributed by atoms with Crippen LogP contribution in [0.4, 0.5) is 5.69 Å². The summed E-state index contributed by atoms with van der Waals surface area (Å²) in [5.41, 5.74) is 1.18. The van der Waals surface area contributed by atoms with E-state index in [4.69, 9.17) is 11.6 Å². The number of aliphatic hydroxyl groups is 1. The molecule has 1 aromatic carbocycles. The summed E-state index contributed by atoms with van der Waals surface area (Å²) in [6.45, 7) is 2.12. The molecule has 0 radical (unpaired) electrons. The molecule has 0 spiro atoms. The van der Waals surface area contributed by atoms with Crippen LogP contribution in [-0.2, 0) is 6.54 Å². The number of aliphatic hydroxyl groups excluding tert-OH is 1. The van der Waals surface area contributed by atoms with E-state index in [0.717, 1.165) is 0 Å². The van der Waals surface area contributed by atoms with Gasteiger partial charge in [-0.05, 0) is 18.6 Å². The van der Waals surface area contributed by atoms with Gasteiger partial charge in [-0.3, -0.25) is 14.8 Å². The summed E-state index contributed by atoms with van der Waals surface area (Å²) >= 11 is 5.77. The number of nitro benzene ring substituents is 1. The van der Waals surface area contributed by atoms with Crippen LogP contribution < -0.4 is 0 Å². The first-order valence-electron chi connectivity index (χ1n) is 6.14. The highest BCUT2D eigenvalue weighted by Gasteiger charge is 2.15. The lowest BCUT2D eigenvalue weighted by molar-refractivity contribution is -0.385. The van der Waals surface area contributed by atoms with Gasteiger partial charge < -0.3 is 5.11 Å². The Bertz CT molecular complexity index is 627. The largest absolute Gasteiger partial charge is 0.388 e. The molecule has 2 aromatic rings. The molecule has 1 aromatic heterocycles. The summed E-state index contributed by atoms with van der Waals surface area (Å²) in [6.07, 6.45) is 3.28. The van der Waals surface area contributed by atoms with Crippen molar-refractivity contribution in [2.45, 2.75) is 26.0 Å². The second-order valence-corrected chi connectivity index (χ2v) is 4.86. The maximum Gasteiger partial charge on any atom is 0.275 e. The smallest absolute Gasteiger partial charge is 0.275 e. The van der Waals surface area contributed by atoms with Gasteiger partial charge >= 0.3 is 0 Å². The Morgan fingerprint density at radius 3 is 2.95 bits per heavy atom. The van der Waals surface area contributed by atoms with E-state index in [9.17, 15) is 15.2 Å². The third-order valence-electron chi connectivity index (χ3n) is 3.00. The first kappa shape index (κ1) is 14.5. The second kappa shape index (κ2) is 6.02. The van der Waals surface area contributed by atoms with Gasteiger partial charge in [0, 0.05) is 22.8 Å². The Morgan fingerprint density at radius 2 is 2.30 bits per heavy atom. The average molecular weight is 296 g/mol. The Morgan fingerprint density at radius 1 is 1.55 bits per heavy atom. The zero-order valence-electron chi connectivity index (χ0n) is 10.9. The second-order valence-electron chi connectivity index (χ2n) is 4.43. The summed E-state index contributed by atoms with van der Waals surface area (Å²) in [5.74, 6) is 0. The van der Waals surface area contributed by atoms with Crippen LogP contribution in [-0.4, -0.2) is 19.8 Å². The van der Waals surface area contributed by atoms with Crippen molar-refractivity contribution in [3.8, 4) is 0 Å². The molecule has 106 valence electrons. The zero-order valence-corrected chi connectivity index (χ0v) is 11.6. The van der Waals surface area contributed by atoms with E-state index in [-0.39, 0.29) is 12.2 Å². The van der Waals surface area contributed by atoms with Crippen molar-refractivity contribution in [3.05, 3.63) is 56.9 Å². The lowest BCUT2D eigenvalue weighted by Gasteiger charge is -2.05. The Labute approximate surface area is 120 Å². The molecule has 0 aliphatic rings. The highest BCUT2D eigenvalue weighted by molar-refractivity contribution is 6.30. The maximum atomic E-state index is 11.0. The van der Waals surface area contributed by atoms with Crippen LogP contribution in [0.3, 0.4) is 0 Å². The topological polar surface area (TPSA) is 81.2 Å². The molecule has 0 amide bonds. The number of nitro groups is 1. The monoisotopic (exact) mass is 295 g/mol. The molecule has 0 aliphatic carbocycles. The third kappa shape index (κ3) is 3.15. The first-order chi connectivity index (χ1) is 9.51. The number of hydrogen-bond acceptors (Lipinski definition) is 4. The molecule has 1 N–H and O–H groups in total. The fourth-order valence-corrected chi connectivity index (χ4v) is 2.06. The summed E-state index contributed by atoms with van der Waals surface area (Å²) < 4.78 is 1.56. The van der Waals surface area contributed by atoms with Crippen molar-refractivity contribution in [3.63, 3.8) is 0 Å². The number of halogens is 1. The predicted molar refractivity (Wildman–Crippen MR) is 74.7 cm³/mol. The highest BCUT2D eigenvalue weighted by Crippen LogP contribution is 2.24. The van der Waals surface area contributed by atoms with Crippen molar-refractivity contribution in [2.75, 3.05) is 0 Å². The summed E-state index contributed by atoms with van der Waals surface area (Å²) in [6, 6.07) is 4.54. The summed E-state index contributed by atoms with van der Waals surface area (Å²) in [5, 5.41) is 25.1. The van der Waals surface area contributed by atoms with E-state index >= 15 is 0 Å².